The fourth-order valence-electron chi connectivity index (χ4n) is 4.37. The van der Waals surface area contributed by atoms with Crippen molar-refractivity contribution in [1.82, 2.24) is 9.88 Å². The van der Waals surface area contributed by atoms with Crippen LogP contribution in [0.25, 0.3) is 10.9 Å². The molecule has 1 aromatic heterocycles. The normalized spacial score (nSPS) is 15.2. The van der Waals surface area contributed by atoms with Gasteiger partial charge in [-0.3, -0.25) is 9.88 Å². The second-order valence-electron chi connectivity index (χ2n) is 8.47. The summed E-state index contributed by atoms with van der Waals surface area (Å²) in [5.74, 6) is 0.514. The van der Waals surface area contributed by atoms with Crippen LogP contribution in [0.15, 0.2) is 87.9 Å². The summed E-state index contributed by atoms with van der Waals surface area (Å²) in [5.41, 5.74) is 3.93. The molecule has 1 saturated heterocycles. The lowest BCUT2D eigenvalue weighted by atomic mass is 10.1. The second kappa shape index (κ2) is 11.0. The first-order valence-corrected chi connectivity index (χ1v) is 13.1. The Labute approximate surface area is 221 Å². The molecule has 3 aromatic carbocycles. The van der Waals surface area contributed by atoms with Crippen molar-refractivity contribution in [2.45, 2.75) is 13.0 Å². The first-order chi connectivity index (χ1) is 17.1. The number of halogens is 2. The number of nitrogens with zero attached hydrogens (tertiary/aromatic N) is 3. The number of piperazine rings is 1. The summed E-state index contributed by atoms with van der Waals surface area (Å²) in [6.07, 6.45) is 0.538. The van der Waals surface area contributed by atoms with E-state index in [-0.39, 0.29) is 0 Å². The Morgan fingerprint density at radius 1 is 0.943 bits per heavy atom. The Balaban J connectivity index is 1.30. The van der Waals surface area contributed by atoms with E-state index >= 15 is 0 Å². The number of rotatable bonds is 7. The lowest BCUT2D eigenvalue weighted by Gasteiger charge is -2.36. The smallest absolute Gasteiger partial charge is 0.279 e. The topological polar surface area (TPSA) is 60.9 Å². The molecule has 180 valence electrons. The molecule has 8 heteroatoms. The molecule has 1 fully saturated rings. The third-order valence-corrected chi connectivity index (χ3v) is 7.26. The summed E-state index contributed by atoms with van der Waals surface area (Å²) in [4.78, 5) is 9.49. The van der Waals surface area contributed by atoms with Crippen LogP contribution in [-0.4, -0.2) is 47.6 Å². The van der Waals surface area contributed by atoms with Gasteiger partial charge >= 0.3 is 0 Å². The van der Waals surface area contributed by atoms with Crippen LogP contribution >= 0.6 is 31.9 Å². The molecule has 0 aliphatic carbocycles. The predicted molar refractivity (Wildman–Crippen MR) is 148 cm³/mol. The number of nitrogens with one attached hydrogen (secondary N) is 1. The highest BCUT2D eigenvalue weighted by Crippen LogP contribution is 2.36. The first-order valence-electron chi connectivity index (χ1n) is 11.5. The van der Waals surface area contributed by atoms with Gasteiger partial charge in [-0.25, -0.2) is 0 Å². The van der Waals surface area contributed by atoms with E-state index in [9.17, 15) is 5.11 Å². The van der Waals surface area contributed by atoms with Crippen LogP contribution in [0.4, 0.5) is 11.4 Å². The van der Waals surface area contributed by atoms with Gasteiger partial charge in [-0.1, -0.05) is 40.2 Å². The fourth-order valence-corrected chi connectivity index (χ4v) is 5.19. The molecular weight excluding hydrogens is 572 g/mol. The summed E-state index contributed by atoms with van der Waals surface area (Å²) >= 11 is 7.17. The third-order valence-electron chi connectivity index (χ3n) is 6.14. The molecule has 6 nitrogen and oxygen atoms in total. The molecular formula is C27H26Br2N4O2. The molecule has 0 spiro atoms. The van der Waals surface area contributed by atoms with Crippen molar-refractivity contribution in [1.29, 1.82) is 0 Å². The number of anilines is 2. The van der Waals surface area contributed by atoms with Crippen molar-refractivity contribution < 1.29 is 9.84 Å². The van der Waals surface area contributed by atoms with E-state index in [4.69, 9.17) is 4.74 Å². The zero-order chi connectivity index (χ0) is 24.2. The number of hydrogen-bond acceptors (Lipinski definition) is 6. The van der Waals surface area contributed by atoms with Gasteiger partial charge in [-0.05, 0) is 70.0 Å². The lowest BCUT2D eigenvalue weighted by Crippen LogP contribution is -2.46. The minimum absolute atomic E-state index is 0.514. The molecule has 35 heavy (non-hydrogen) atoms. The molecule has 1 unspecified atom stereocenters. The molecule has 0 bridgehead atoms. The van der Waals surface area contributed by atoms with E-state index < -0.39 is 6.41 Å². The summed E-state index contributed by atoms with van der Waals surface area (Å²) < 4.78 is 7.75. The van der Waals surface area contributed by atoms with Gasteiger partial charge < -0.3 is 20.1 Å². The maximum atomic E-state index is 10.5. The minimum atomic E-state index is -1.21. The number of para-hydroxylation sites is 1. The molecule has 1 aliphatic heterocycles. The Hall–Kier alpha value is -2.65. The highest BCUT2D eigenvalue weighted by atomic mass is 79.9. The van der Waals surface area contributed by atoms with Crippen molar-refractivity contribution in [2.24, 2.45) is 0 Å². The maximum Gasteiger partial charge on any atom is 0.279 e. The second-order valence-corrected chi connectivity index (χ2v) is 10.2. The molecule has 2 heterocycles. The fraction of sp³-hybridized carbons (Fsp3) is 0.222. The van der Waals surface area contributed by atoms with Gasteiger partial charge in [0.05, 0.1) is 4.47 Å². The number of ether oxygens (including phenoxy) is 1. The standard InChI is InChI=1S/C27H26Br2N4O2/c28-20-8-10-22(11-9-20)33-15-13-32(14-16-33)18-19-17-24(29)26(25-23(19)7-4-12-30-25)35-27(34)31-21-5-2-1-3-6-21/h1-12,17,27,31,34H,13-16,18H2. The summed E-state index contributed by atoms with van der Waals surface area (Å²) in [5, 5.41) is 14.5. The van der Waals surface area contributed by atoms with Crippen molar-refractivity contribution in [3.05, 3.63) is 93.5 Å². The van der Waals surface area contributed by atoms with E-state index in [2.05, 4.69) is 88.4 Å². The van der Waals surface area contributed by atoms with Gasteiger partial charge in [0.2, 0.25) is 0 Å². The highest BCUT2D eigenvalue weighted by Gasteiger charge is 2.21. The molecule has 0 radical (unpaired) electrons. The average molecular weight is 598 g/mol. The molecule has 4 aromatic rings. The number of fused-ring (bicyclic) bond motifs is 1. The zero-order valence-electron chi connectivity index (χ0n) is 19.1. The SMILES string of the molecule is OC(Nc1ccccc1)Oc1c(Br)cc(CN2CCN(c3ccc(Br)cc3)CC2)c2cccnc12. The number of aliphatic hydroxyl groups excluding tert-OH is 1. The zero-order valence-corrected chi connectivity index (χ0v) is 22.2. The monoisotopic (exact) mass is 596 g/mol. The Morgan fingerprint density at radius 2 is 1.69 bits per heavy atom. The van der Waals surface area contributed by atoms with Gasteiger partial charge in [0.15, 0.2) is 5.75 Å². The summed E-state index contributed by atoms with van der Waals surface area (Å²) in [6, 6.07) is 24.1. The number of aromatic nitrogens is 1. The number of pyridine rings is 1. The van der Waals surface area contributed by atoms with Crippen LogP contribution < -0.4 is 15.0 Å². The van der Waals surface area contributed by atoms with Crippen LogP contribution in [0.2, 0.25) is 0 Å². The van der Waals surface area contributed by atoms with Gasteiger partial charge in [-0.2, -0.15) is 0 Å². The summed E-state index contributed by atoms with van der Waals surface area (Å²) in [6.45, 7) is 4.75. The number of hydrogen-bond donors (Lipinski definition) is 2. The molecule has 2 N–H and O–H groups in total. The average Bonchev–Trinajstić information content (AvgIpc) is 2.88. The Kier molecular flexibility index (Phi) is 7.53. The third kappa shape index (κ3) is 5.78. The number of aliphatic hydroxyl groups is 1. The molecule has 1 atom stereocenters. The van der Waals surface area contributed by atoms with Crippen molar-refractivity contribution in [3.63, 3.8) is 0 Å². The predicted octanol–water partition coefficient (Wildman–Crippen LogP) is 5.85. The molecule has 5 rings (SSSR count). The van der Waals surface area contributed by atoms with Crippen LogP contribution in [0.3, 0.4) is 0 Å². The maximum absolute atomic E-state index is 10.5. The Morgan fingerprint density at radius 3 is 2.43 bits per heavy atom. The van der Waals surface area contributed by atoms with Crippen molar-refractivity contribution >= 4 is 54.1 Å². The quantitative estimate of drug-likeness (QED) is 0.261. The van der Waals surface area contributed by atoms with Gasteiger partial charge in [-0.15, -0.1) is 0 Å². The van der Waals surface area contributed by atoms with Crippen LogP contribution in [-0.2, 0) is 6.54 Å². The van der Waals surface area contributed by atoms with Crippen molar-refractivity contribution in [3.8, 4) is 5.75 Å². The van der Waals surface area contributed by atoms with Crippen LogP contribution in [0.5, 0.6) is 5.75 Å². The van der Waals surface area contributed by atoms with Gasteiger partial charge in [0.25, 0.3) is 6.41 Å². The minimum Gasteiger partial charge on any atom is -0.443 e. The van der Waals surface area contributed by atoms with Crippen LogP contribution in [0.1, 0.15) is 5.56 Å². The van der Waals surface area contributed by atoms with Gasteiger partial charge in [0, 0.05) is 60.2 Å². The van der Waals surface area contributed by atoms with E-state index in [1.54, 1.807) is 6.20 Å². The van der Waals surface area contributed by atoms with E-state index in [0.717, 1.165) is 58.3 Å². The van der Waals surface area contributed by atoms with Crippen LogP contribution in [0, 0.1) is 0 Å². The first kappa shape index (κ1) is 24.1. The highest BCUT2D eigenvalue weighted by molar-refractivity contribution is 9.10. The molecule has 1 aliphatic rings. The van der Waals surface area contributed by atoms with Crippen molar-refractivity contribution in [2.75, 3.05) is 36.4 Å². The van der Waals surface area contributed by atoms with E-state index in [0.29, 0.717) is 5.75 Å². The van der Waals surface area contributed by atoms with Gasteiger partial charge in [0.1, 0.15) is 5.52 Å². The van der Waals surface area contributed by atoms with E-state index in [1.807, 2.05) is 36.4 Å². The number of benzene rings is 3. The Bertz CT molecular complexity index is 1280. The lowest BCUT2D eigenvalue weighted by molar-refractivity contribution is 0.00820. The largest absolute Gasteiger partial charge is 0.443 e. The molecule has 0 amide bonds. The summed E-state index contributed by atoms with van der Waals surface area (Å²) in [7, 11) is 0. The van der Waals surface area contributed by atoms with E-state index in [1.165, 1.54) is 11.3 Å². The molecule has 0 saturated carbocycles.